The summed E-state index contributed by atoms with van der Waals surface area (Å²) in [4.78, 5) is 25.8. The Balaban J connectivity index is 1.18. The van der Waals surface area contributed by atoms with E-state index in [9.17, 15) is 17.6 Å². The Bertz CT molecular complexity index is 1340. The number of piperidine rings is 1. The van der Waals surface area contributed by atoms with Crippen molar-refractivity contribution in [1.82, 2.24) is 24.9 Å². The number of benzene rings is 1. The molecule has 2 unspecified atom stereocenters. The summed E-state index contributed by atoms with van der Waals surface area (Å²) >= 11 is 0. The lowest BCUT2D eigenvalue weighted by Crippen LogP contribution is -2.39. The lowest BCUT2D eigenvalue weighted by atomic mass is 9.86. The summed E-state index contributed by atoms with van der Waals surface area (Å²) < 4.78 is 46.1. The minimum atomic E-state index is -3.15. The topological polar surface area (TPSA) is 117 Å². The Kier molecular flexibility index (Phi) is 8.81. The number of carbonyl (C=O) groups excluding carboxylic acids is 1. The molecule has 0 spiro atoms. The van der Waals surface area contributed by atoms with Crippen molar-refractivity contribution in [3.63, 3.8) is 0 Å². The second-order valence-electron chi connectivity index (χ2n) is 11.9. The van der Waals surface area contributed by atoms with Gasteiger partial charge in [-0.2, -0.15) is 0 Å². The lowest BCUT2D eigenvalue weighted by Gasteiger charge is -2.29. The summed E-state index contributed by atoms with van der Waals surface area (Å²) in [6.07, 6.45) is 8.13. The number of sulfonamides is 1. The first kappa shape index (κ1) is 29.7. The van der Waals surface area contributed by atoms with Gasteiger partial charge in [0.2, 0.25) is 10.0 Å². The predicted octanol–water partition coefficient (Wildman–Crippen LogP) is 3.41. The minimum absolute atomic E-state index is 0.0379. The Labute approximate surface area is 242 Å². The Morgan fingerprint density at radius 1 is 1.17 bits per heavy atom. The Morgan fingerprint density at radius 2 is 1.88 bits per heavy atom. The molecular weight excluding hydrogens is 547 g/mol. The van der Waals surface area contributed by atoms with E-state index in [1.165, 1.54) is 30.8 Å². The van der Waals surface area contributed by atoms with Gasteiger partial charge in [0, 0.05) is 37.8 Å². The molecule has 1 aromatic heterocycles. The molecule has 3 aliphatic rings. The van der Waals surface area contributed by atoms with E-state index >= 15 is 0 Å². The summed E-state index contributed by atoms with van der Waals surface area (Å²) in [7, 11) is -3.15. The number of carbonyl (C=O) groups is 1. The number of fused-ring (bicyclic) bond motifs is 1. The van der Waals surface area contributed by atoms with E-state index in [2.05, 4.69) is 24.9 Å². The fourth-order valence-electron chi connectivity index (χ4n) is 6.49. The van der Waals surface area contributed by atoms with Gasteiger partial charge in [-0.3, -0.25) is 4.79 Å². The van der Waals surface area contributed by atoms with Gasteiger partial charge in [0.05, 0.1) is 18.0 Å². The maximum Gasteiger partial charge on any atom is 0.257 e. The van der Waals surface area contributed by atoms with E-state index in [-0.39, 0.29) is 29.3 Å². The van der Waals surface area contributed by atoms with Crippen molar-refractivity contribution >= 4 is 21.7 Å². The second kappa shape index (κ2) is 12.2. The third-order valence-electron chi connectivity index (χ3n) is 8.64. The molecule has 12 heteroatoms. The van der Waals surface area contributed by atoms with Crippen molar-refractivity contribution in [2.75, 3.05) is 37.3 Å². The molecule has 5 rings (SSSR count). The van der Waals surface area contributed by atoms with Crippen molar-refractivity contribution in [3.8, 4) is 11.5 Å². The molecule has 2 heterocycles. The van der Waals surface area contributed by atoms with Gasteiger partial charge >= 0.3 is 0 Å². The number of ether oxygens (including phenoxy) is 1. The maximum absolute atomic E-state index is 14.2. The van der Waals surface area contributed by atoms with Gasteiger partial charge in [0.15, 0.2) is 11.6 Å². The molecule has 10 nitrogen and oxygen atoms in total. The van der Waals surface area contributed by atoms with Gasteiger partial charge in [-0.05, 0) is 89.0 Å². The number of hydrogen-bond donors (Lipinski definition) is 2. The summed E-state index contributed by atoms with van der Waals surface area (Å²) in [5.74, 6) is 2.21. The van der Waals surface area contributed by atoms with E-state index in [1.54, 1.807) is 11.1 Å². The first-order valence-corrected chi connectivity index (χ1v) is 16.5. The quantitative estimate of drug-likeness (QED) is 0.410. The molecule has 224 valence electrons. The fourth-order valence-corrected chi connectivity index (χ4v) is 7.33. The van der Waals surface area contributed by atoms with Crippen LogP contribution < -0.4 is 19.7 Å². The van der Waals surface area contributed by atoms with Crippen LogP contribution in [0.3, 0.4) is 0 Å². The van der Waals surface area contributed by atoms with Crippen LogP contribution in [0.25, 0.3) is 0 Å². The number of anilines is 1. The van der Waals surface area contributed by atoms with Crippen molar-refractivity contribution in [2.24, 2.45) is 17.8 Å². The van der Waals surface area contributed by atoms with Gasteiger partial charge in [0.1, 0.15) is 17.9 Å². The highest BCUT2D eigenvalue weighted by molar-refractivity contribution is 7.88. The predicted molar refractivity (Wildman–Crippen MR) is 155 cm³/mol. The summed E-state index contributed by atoms with van der Waals surface area (Å²) in [6.45, 7) is 8.88. The third kappa shape index (κ3) is 6.98. The van der Waals surface area contributed by atoms with Crippen LogP contribution in [0.15, 0.2) is 30.7 Å². The summed E-state index contributed by atoms with van der Waals surface area (Å²) in [5.41, 5.74) is 0.171. The molecule has 1 saturated heterocycles. The Hall–Kier alpha value is -2.83. The van der Waals surface area contributed by atoms with E-state index in [1.807, 2.05) is 20.8 Å². The van der Waals surface area contributed by atoms with Crippen molar-refractivity contribution in [1.29, 1.82) is 0 Å². The molecule has 2 aromatic rings. The standard InChI is InChI=1S/C29H41FN6O4S/c1-5-36(18(2)3)29(37)22-12-20(30)8-11-25(22)40-26-14-31-17-33-28(26)35-15-23-24(16-35)27(23)32-13-19-6-9-21(10-7-19)34-41(4,38)39/h8,11-12,14,17-19,21,23-24,27,32,34H,5-7,9-10,13,15-16H2,1-4H3/t19-,21-,23?,24?,27?. The summed E-state index contributed by atoms with van der Waals surface area (Å²) in [6, 6.07) is 4.49. The zero-order chi connectivity index (χ0) is 29.3. The maximum atomic E-state index is 14.2. The molecule has 2 N–H and O–H groups in total. The van der Waals surface area contributed by atoms with Gasteiger partial charge in [-0.1, -0.05) is 0 Å². The highest BCUT2D eigenvalue weighted by atomic mass is 32.2. The number of nitrogens with one attached hydrogen (secondary N) is 2. The SMILES string of the molecule is CCN(C(=O)c1cc(F)ccc1Oc1cncnc1N1CC2C(C1)C2NC[C@H]1CC[C@H](NS(C)(=O)=O)CC1)C(C)C. The molecular formula is C29H41FN6O4S. The molecule has 2 aliphatic carbocycles. The van der Waals surface area contributed by atoms with Crippen LogP contribution in [0.4, 0.5) is 10.2 Å². The highest BCUT2D eigenvalue weighted by Crippen LogP contribution is 2.48. The molecule has 3 fully saturated rings. The van der Waals surface area contributed by atoms with Crippen molar-refractivity contribution in [2.45, 2.75) is 64.6 Å². The number of aromatic nitrogens is 2. The lowest BCUT2D eigenvalue weighted by molar-refractivity contribution is 0.0713. The third-order valence-corrected chi connectivity index (χ3v) is 9.40. The molecule has 0 radical (unpaired) electrons. The molecule has 1 amide bonds. The average molecular weight is 589 g/mol. The van der Waals surface area contributed by atoms with E-state index in [0.29, 0.717) is 41.9 Å². The average Bonchev–Trinajstić information content (AvgIpc) is 3.37. The van der Waals surface area contributed by atoms with Crippen LogP contribution in [0, 0.1) is 23.6 Å². The largest absolute Gasteiger partial charge is 0.451 e. The number of halogens is 1. The van der Waals surface area contributed by atoms with Crippen LogP contribution in [0.1, 0.15) is 56.8 Å². The van der Waals surface area contributed by atoms with Crippen LogP contribution in [0.5, 0.6) is 11.5 Å². The molecule has 1 aromatic carbocycles. The number of amides is 1. The molecule has 41 heavy (non-hydrogen) atoms. The van der Waals surface area contributed by atoms with Crippen molar-refractivity contribution in [3.05, 3.63) is 42.1 Å². The van der Waals surface area contributed by atoms with E-state index in [0.717, 1.165) is 45.3 Å². The first-order valence-electron chi connectivity index (χ1n) is 14.6. The second-order valence-corrected chi connectivity index (χ2v) is 13.7. The smallest absolute Gasteiger partial charge is 0.257 e. The molecule has 0 bridgehead atoms. The van der Waals surface area contributed by atoms with Crippen LogP contribution in [-0.2, 0) is 10.0 Å². The Morgan fingerprint density at radius 3 is 2.51 bits per heavy atom. The normalized spacial score (nSPS) is 25.7. The first-order chi connectivity index (χ1) is 19.5. The fraction of sp³-hybridized carbons (Fsp3) is 0.621. The van der Waals surface area contributed by atoms with Gasteiger partial charge < -0.3 is 19.9 Å². The zero-order valence-electron chi connectivity index (χ0n) is 24.2. The highest BCUT2D eigenvalue weighted by Gasteiger charge is 2.56. The van der Waals surface area contributed by atoms with Crippen LogP contribution in [-0.4, -0.2) is 79.8 Å². The van der Waals surface area contributed by atoms with Crippen LogP contribution in [0.2, 0.25) is 0 Å². The van der Waals surface area contributed by atoms with Crippen molar-refractivity contribution < 1.29 is 22.3 Å². The van der Waals surface area contributed by atoms with Gasteiger partial charge in [0.25, 0.3) is 5.91 Å². The minimum Gasteiger partial charge on any atom is -0.451 e. The van der Waals surface area contributed by atoms with Crippen LogP contribution >= 0.6 is 0 Å². The number of nitrogens with zero attached hydrogens (tertiary/aromatic N) is 4. The van der Waals surface area contributed by atoms with E-state index < -0.39 is 15.8 Å². The number of rotatable bonds is 11. The van der Waals surface area contributed by atoms with E-state index in [4.69, 9.17) is 4.74 Å². The van der Waals surface area contributed by atoms with Gasteiger partial charge in [-0.15, -0.1) is 0 Å². The summed E-state index contributed by atoms with van der Waals surface area (Å²) in [5, 5.41) is 3.76. The molecule has 2 atom stereocenters. The molecule has 1 aliphatic heterocycles. The molecule has 2 saturated carbocycles. The number of hydrogen-bond acceptors (Lipinski definition) is 8. The zero-order valence-corrected chi connectivity index (χ0v) is 25.0. The monoisotopic (exact) mass is 588 g/mol. The van der Waals surface area contributed by atoms with Gasteiger partial charge in [-0.25, -0.2) is 27.5 Å².